The van der Waals surface area contributed by atoms with Crippen LogP contribution in [0.5, 0.6) is 0 Å². The molecule has 1 saturated heterocycles. The number of likely N-dealkylation sites (tertiary alicyclic amines) is 1. The van der Waals surface area contributed by atoms with E-state index in [9.17, 15) is 9.59 Å². The topological polar surface area (TPSA) is 70.7 Å². The highest BCUT2D eigenvalue weighted by Crippen LogP contribution is 2.49. The number of hydrogen-bond acceptors (Lipinski definition) is 5. The number of halogens is 1. The zero-order chi connectivity index (χ0) is 24.3. The Bertz CT molecular complexity index is 1170. The Balaban J connectivity index is 1.25. The Labute approximate surface area is 214 Å². The molecule has 2 aromatic carbocycles. The summed E-state index contributed by atoms with van der Waals surface area (Å²) >= 11 is 7.15. The van der Waals surface area contributed by atoms with Crippen LogP contribution in [0.15, 0.2) is 66.7 Å². The molecule has 2 fully saturated rings. The van der Waals surface area contributed by atoms with Gasteiger partial charge in [0.1, 0.15) is 0 Å². The van der Waals surface area contributed by atoms with E-state index in [1.165, 1.54) is 55.7 Å². The molecule has 2 heterocycles. The van der Waals surface area contributed by atoms with Crippen LogP contribution in [0.4, 0.5) is 15.5 Å². The summed E-state index contributed by atoms with van der Waals surface area (Å²) in [6, 6.07) is 20.5. The lowest BCUT2D eigenvalue weighted by molar-refractivity contribution is -0.124. The van der Waals surface area contributed by atoms with Crippen LogP contribution in [-0.2, 0) is 14.9 Å². The molecule has 1 aliphatic carbocycles. The van der Waals surface area contributed by atoms with Crippen LogP contribution in [0.3, 0.4) is 0 Å². The van der Waals surface area contributed by atoms with Crippen molar-refractivity contribution >= 4 is 45.6 Å². The first-order valence-electron chi connectivity index (χ1n) is 11.9. The van der Waals surface area contributed by atoms with Gasteiger partial charge in [-0.05, 0) is 68.6 Å². The predicted octanol–water partition coefficient (Wildman–Crippen LogP) is 6.46. The zero-order valence-electron chi connectivity index (χ0n) is 19.3. The van der Waals surface area contributed by atoms with E-state index in [2.05, 4.69) is 27.7 Å². The molecule has 1 unspecified atom stereocenters. The maximum Gasteiger partial charge on any atom is 0.413 e. The molecule has 1 aromatic heterocycles. The van der Waals surface area contributed by atoms with Crippen molar-refractivity contribution < 1.29 is 14.3 Å². The summed E-state index contributed by atoms with van der Waals surface area (Å²) in [5.41, 5.74) is 2.84. The fourth-order valence-electron chi connectivity index (χ4n) is 4.69. The first-order valence-corrected chi connectivity index (χ1v) is 13.1. The summed E-state index contributed by atoms with van der Waals surface area (Å²) in [4.78, 5) is 28.3. The lowest BCUT2D eigenvalue weighted by Crippen LogP contribution is -2.30. The van der Waals surface area contributed by atoms with Gasteiger partial charge in [0.15, 0.2) is 0 Å². The van der Waals surface area contributed by atoms with Gasteiger partial charge in [-0.1, -0.05) is 54.1 Å². The minimum Gasteiger partial charge on any atom is -0.431 e. The average molecular weight is 510 g/mol. The van der Waals surface area contributed by atoms with Gasteiger partial charge in [0, 0.05) is 23.2 Å². The van der Waals surface area contributed by atoms with Crippen molar-refractivity contribution in [3.05, 3.63) is 82.2 Å². The third kappa shape index (κ3) is 5.86. The summed E-state index contributed by atoms with van der Waals surface area (Å²) in [5.74, 6) is -0.415. The number of carbonyl (C=O) groups is 2. The van der Waals surface area contributed by atoms with Gasteiger partial charge in [-0.15, -0.1) is 11.3 Å². The second kappa shape index (κ2) is 10.4. The Kier molecular flexibility index (Phi) is 7.09. The fourth-order valence-corrected chi connectivity index (χ4v) is 5.62. The minimum atomic E-state index is -1.10. The quantitative estimate of drug-likeness (QED) is 0.365. The minimum absolute atomic E-state index is 0.255. The van der Waals surface area contributed by atoms with E-state index in [0.717, 1.165) is 6.54 Å². The van der Waals surface area contributed by atoms with E-state index >= 15 is 0 Å². The molecule has 8 heteroatoms. The summed E-state index contributed by atoms with van der Waals surface area (Å²) < 4.78 is 6.09. The number of rotatable bonds is 8. The highest BCUT2D eigenvalue weighted by atomic mass is 35.5. The number of hydrogen-bond donors (Lipinski definition) is 2. The van der Waals surface area contributed by atoms with Gasteiger partial charge in [0.05, 0.1) is 9.34 Å². The maximum atomic E-state index is 13.2. The van der Waals surface area contributed by atoms with Gasteiger partial charge in [0.2, 0.25) is 6.10 Å². The van der Waals surface area contributed by atoms with Gasteiger partial charge in [-0.2, -0.15) is 0 Å². The molecular formula is C27H28ClN3O3S. The molecule has 0 bridgehead atoms. The first kappa shape index (κ1) is 23.9. The molecule has 1 aliphatic heterocycles. The van der Waals surface area contributed by atoms with E-state index in [1.54, 1.807) is 36.4 Å². The number of nitrogens with one attached hydrogen (secondary N) is 2. The van der Waals surface area contributed by atoms with Crippen molar-refractivity contribution in [3.63, 3.8) is 0 Å². The Hall–Kier alpha value is -2.87. The largest absolute Gasteiger partial charge is 0.431 e. The van der Waals surface area contributed by atoms with Crippen LogP contribution in [0.25, 0.3) is 0 Å². The first-order chi connectivity index (χ1) is 17.0. The smallest absolute Gasteiger partial charge is 0.413 e. The van der Waals surface area contributed by atoms with Gasteiger partial charge < -0.3 is 15.0 Å². The molecule has 1 atom stereocenters. The van der Waals surface area contributed by atoms with Gasteiger partial charge in [-0.3, -0.25) is 10.1 Å². The third-order valence-corrected chi connectivity index (χ3v) is 7.85. The van der Waals surface area contributed by atoms with E-state index in [-0.39, 0.29) is 5.41 Å². The molecule has 35 heavy (non-hydrogen) atoms. The zero-order valence-corrected chi connectivity index (χ0v) is 20.9. The number of ether oxygens (including phenoxy) is 1. The van der Waals surface area contributed by atoms with Crippen molar-refractivity contribution in [2.24, 2.45) is 0 Å². The lowest BCUT2D eigenvalue weighted by Gasteiger charge is -2.23. The van der Waals surface area contributed by atoms with E-state index in [4.69, 9.17) is 16.3 Å². The molecule has 0 spiro atoms. The number of nitrogens with zero attached hydrogens (tertiary/aromatic N) is 1. The number of benzene rings is 2. The molecule has 5 rings (SSSR count). The Morgan fingerprint density at radius 2 is 1.69 bits per heavy atom. The molecule has 1 saturated carbocycles. The van der Waals surface area contributed by atoms with Crippen molar-refractivity contribution in [3.8, 4) is 0 Å². The number of thiophene rings is 1. The van der Waals surface area contributed by atoms with Crippen LogP contribution in [0.2, 0.25) is 4.34 Å². The number of anilines is 2. The molecular weight excluding hydrogens is 482 g/mol. The highest BCUT2D eigenvalue weighted by molar-refractivity contribution is 7.20. The van der Waals surface area contributed by atoms with E-state index in [1.807, 2.05) is 18.2 Å². The normalized spacial score (nSPS) is 17.5. The van der Waals surface area contributed by atoms with Gasteiger partial charge >= 0.3 is 6.09 Å². The Morgan fingerprint density at radius 3 is 2.31 bits per heavy atom. The lowest BCUT2D eigenvalue weighted by atomic mass is 9.95. The van der Waals surface area contributed by atoms with Gasteiger partial charge in [-0.25, -0.2) is 4.79 Å². The SMILES string of the molecule is O=C(Nc1ccc(Cl)s1)OC(C(=O)Nc1ccc(C2(CN3CCCC3)CC2)cc1)c1ccccc1. The van der Waals surface area contributed by atoms with E-state index < -0.39 is 18.1 Å². The molecule has 2 aliphatic rings. The second-order valence-electron chi connectivity index (χ2n) is 9.25. The van der Waals surface area contributed by atoms with Crippen molar-refractivity contribution in [2.45, 2.75) is 37.2 Å². The van der Waals surface area contributed by atoms with E-state index in [0.29, 0.717) is 20.6 Å². The van der Waals surface area contributed by atoms with Crippen LogP contribution >= 0.6 is 22.9 Å². The molecule has 182 valence electrons. The van der Waals surface area contributed by atoms with Crippen LogP contribution in [-0.4, -0.2) is 36.5 Å². The van der Waals surface area contributed by atoms with Crippen molar-refractivity contribution in [1.29, 1.82) is 0 Å². The van der Waals surface area contributed by atoms with Gasteiger partial charge in [0.25, 0.3) is 5.91 Å². The highest BCUT2D eigenvalue weighted by Gasteiger charge is 2.45. The molecule has 0 radical (unpaired) electrons. The standard InChI is InChI=1S/C27H28ClN3O3S/c28-22-12-13-23(35-22)30-26(33)34-24(19-6-2-1-3-7-19)25(32)29-21-10-8-20(9-11-21)27(14-15-27)18-31-16-4-5-17-31/h1-3,6-13,24H,4-5,14-18H2,(H,29,32)(H,30,33). The average Bonchev–Trinajstić information content (AvgIpc) is 3.23. The maximum absolute atomic E-state index is 13.2. The molecule has 2 N–H and O–H groups in total. The van der Waals surface area contributed by atoms with Crippen LogP contribution in [0.1, 0.15) is 42.9 Å². The van der Waals surface area contributed by atoms with Crippen molar-refractivity contribution in [2.75, 3.05) is 30.3 Å². The number of amides is 2. The fraction of sp³-hybridized carbons (Fsp3) is 0.333. The second-order valence-corrected chi connectivity index (χ2v) is 11.0. The summed E-state index contributed by atoms with van der Waals surface area (Å²) in [5, 5.41) is 6.09. The summed E-state index contributed by atoms with van der Waals surface area (Å²) in [6.45, 7) is 3.51. The monoisotopic (exact) mass is 509 g/mol. The predicted molar refractivity (Wildman–Crippen MR) is 140 cm³/mol. The van der Waals surface area contributed by atoms with Crippen molar-refractivity contribution in [1.82, 2.24) is 4.90 Å². The van der Waals surface area contributed by atoms with Crippen LogP contribution < -0.4 is 10.6 Å². The molecule has 6 nitrogen and oxygen atoms in total. The number of carbonyl (C=O) groups excluding carboxylic acids is 2. The summed E-state index contributed by atoms with van der Waals surface area (Å²) in [6.07, 6.45) is 3.19. The Morgan fingerprint density at radius 1 is 0.971 bits per heavy atom. The third-order valence-electron chi connectivity index (χ3n) is 6.71. The molecule has 3 aromatic rings. The summed E-state index contributed by atoms with van der Waals surface area (Å²) in [7, 11) is 0. The van der Waals surface area contributed by atoms with Crippen LogP contribution in [0, 0.1) is 0 Å². The molecule has 2 amide bonds.